The summed E-state index contributed by atoms with van der Waals surface area (Å²) in [5, 5.41) is 20.3. The molecule has 0 atom stereocenters. The molecule has 5 heteroatoms. The van der Waals surface area contributed by atoms with E-state index < -0.39 is 20.0 Å². The minimum Gasteiger partial charge on any atom is -0.478 e. The molecule has 2 aromatic carbocycles. The van der Waals surface area contributed by atoms with Gasteiger partial charge in [-0.25, -0.2) is 9.59 Å². The highest BCUT2D eigenvalue weighted by Crippen LogP contribution is 2.13. The zero-order valence-electron chi connectivity index (χ0n) is 11.8. The molecule has 0 bridgehead atoms. The van der Waals surface area contributed by atoms with E-state index in [0.29, 0.717) is 5.19 Å². The van der Waals surface area contributed by atoms with E-state index in [9.17, 15) is 19.8 Å². The van der Waals surface area contributed by atoms with Crippen molar-refractivity contribution in [2.75, 3.05) is 0 Å². The van der Waals surface area contributed by atoms with Gasteiger partial charge in [-0.05, 0) is 17.3 Å². The van der Waals surface area contributed by atoms with Gasteiger partial charge < -0.3 is 10.2 Å². The van der Waals surface area contributed by atoms with Gasteiger partial charge >= 0.3 is 11.9 Å². The number of carboxylic acids is 2. The summed E-state index contributed by atoms with van der Waals surface area (Å²) < 4.78 is 0. The molecule has 0 unspecified atom stereocenters. The Balaban J connectivity index is 2.77. The topological polar surface area (TPSA) is 74.6 Å². The maximum Gasteiger partial charge on any atom is 0.335 e. The molecule has 0 heterocycles. The Hall–Kier alpha value is -2.40. The standard InChI is InChI=1S/C16H16O4Si/c1-21(2,11-7-4-3-5-8-11)14-12(15(17)18)9-6-10-13(14)16(19)20/h3-10H,1-2H3,(H,17,18)(H,19,20). The number of aromatic carboxylic acids is 2. The normalized spacial score (nSPS) is 11.1. The van der Waals surface area contributed by atoms with Crippen molar-refractivity contribution < 1.29 is 19.8 Å². The third-order valence-corrected chi connectivity index (χ3v) is 7.21. The summed E-state index contributed by atoms with van der Waals surface area (Å²) in [5.41, 5.74) is 0.158. The largest absolute Gasteiger partial charge is 0.478 e. The Labute approximate surface area is 123 Å². The van der Waals surface area contributed by atoms with Crippen molar-refractivity contribution in [1.82, 2.24) is 0 Å². The summed E-state index contributed by atoms with van der Waals surface area (Å²) in [6.45, 7) is 3.94. The van der Waals surface area contributed by atoms with Gasteiger partial charge in [0.15, 0.2) is 0 Å². The Bertz CT molecular complexity index is 660. The van der Waals surface area contributed by atoms with E-state index in [4.69, 9.17) is 0 Å². The summed E-state index contributed by atoms with van der Waals surface area (Å²) >= 11 is 0. The van der Waals surface area contributed by atoms with Crippen LogP contribution in [0.15, 0.2) is 48.5 Å². The van der Waals surface area contributed by atoms with Crippen molar-refractivity contribution in [2.45, 2.75) is 13.1 Å². The van der Waals surface area contributed by atoms with Gasteiger partial charge in [-0.15, -0.1) is 0 Å². The Morgan fingerprint density at radius 2 is 1.29 bits per heavy atom. The fourth-order valence-corrected chi connectivity index (χ4v) is 5.62. The number of hydrogen-bond donors (Lipinski definition) is 2. The molecule has 0 radical (unpaired) electrons. The van der Waals surface area contributed by atoms with E-state index >= 15 is 0 Å². The number of hydrogen-bond acceptors (Lipinski definition) is 2. The van der Waals surface area contributed by atoms with E-state index in [1.54, 1.807) is 0 Å². The fourth-order valence-electron chi connectivity index (χ4n) is 2.58. The first-order valence-corrected chi connectivity index (χ1v) is 9.51. The SMILES string of the molecule is C[Si](C)(c1ccccc1)c1c(C(=O)O)cccc1C(=O)O. The monoisotopic (exact) mass is 300 g/mol. The van der Waals surface area contributed by atoms with E-state index in [2.05, 4.69) is 0 Å². The molecule has 2 rings (SSSR count). The quantitative estimate of drug-likeness (QED) is 0.846. The summed E-state index contributed by atoms with van der Waals surface area (Å²) in [6, 6.07) is 13.9. The van der Waals surface area contributed by atoms with Crippen molar-refractivity contribution in [3.63, 3.8) is 0 Å². The number of rotatable bonds is 4. The van der Waals surface area contributed by atoms with E-state index in [0.717, 1.165) is 5.19 Å². The summed E-state index contributed by atoms with van der Waals surface area (Å²) in [5.74, 6) is -2.19. The minimum atomic E-state index is -2.43. The van der Waals surface area contributed by atoms with Crippen molar-refractivity contribution >= 4 is 30.4 Å². The number of carbonyl (C=O) groups is 2. The molecule has 4 nitrogen and oxygen atoms in total. The van der Waals surface area contributed by atoms with Crippen LogP contribution in [-0.4, -0.2) is 30.2 Å². The Kier molecular flexibility index (Phi) is 3.95. The molecule has 0 aromatic heterocycles. The first-order chi connectivity index (χ1) is 9.85. The van der Waals surface area contributed by atoms with Gasteiger partial charge in [-0.3, -0.25) is 0 Å². The van der Waals surface area contributed by atoms with Gasteiger partial charge in [0, 0.05) is 0 Å². The zero-order chi connectivity index (χ0) is 15.6. The van der Waals surface area contributed by atoms with Crippen molar-refractivity contribution in [3.05, 3.63) is 59.7 Å². The minimum absolute atomic E-state index is 0.0791. The van der Waals surface area contributed by atoms with Crippen LogP contribution in [0.25, 0.3) is 0 Å². The average molecular weight is 300 g/mol. The van der Waals surface area contributed by atoms with Crippen LogP contribution < -0.4 is 10.4 Å². The smallest absolute Gasteiger partial charge is 0.335 e. The lowest BCUT2D eigenvalue weighted by atomic mass is 10.1. The molecular formula is C16H16O4Si. The lowest BCUT2D eigenvalue weighted by Crippen LogP contribution is -2.56. The molecule has 0 spiro atoms. The van der Waals surface area contributed by atoms with Crippen LogP contribution in [0.3, 0.4) is 0 Å². The molecule has 2 aromatic rings. The summed E-state index contributed by atoms with van der Waals surface area (Å²) in [6.07, 6.45) is 0. The first kappa shape index (κ1) is 15.0. The van der Waals surface area contributed by atoms with Crippen LogP contribution in [0.5, 0.6) is 0 Å². The maximum absolute atomic E-state index is 11.5. The second kappa shape index (κ2) is 5.53. The second-order valence-electron chi connectivity index (χ2n) is 5.33. The van der Waals surface area contributed by atoms with Gasteiger partial charge in [0.1, 0.15) is 8.07 Å². The number of carboxylic acid groups (broad SMARTS) is 2. The molecule has 2 N–H and O–H groups in total. The molecule has 0 amide bonds. The molecule has 0 fully saturated rings. The highest BCUT2D eigenvalue weighted by atomic mass is 28.3. The summed E-state index contributed by atoms with van der Waals surface area (Å²) in [7, 11) is -2.43. The molecule has 0 aliphatic heterocycles. The van der Waals surface area contributed by atoms with Crippen LogP contribution in [0.2, 0.25) is 13.1 Å². The molecule has 21 heavy (non-hydrogen) atoms. The van der Waals surface area contributed by atoms with Crippen LogP contribution in [0, 0.1) is 0 Å². The predicted molar refractivity (Wildman–Crippen MR) is 83.6 cm³/mol. The lowest BCUT2D eigenvalue weighted by molar-refractivity contribution is 0.0696. The Morgan fingerprint density at radius 1 is 0.810 bits per heavy atom. The molecule has 108 valence electrons. The van der Waals surface area contributed by atoms with Crippen LogP contribution in [-0.2, 0) is 0 Å². The van der Waals surface area contributed by atoms with Gasteiger partial charge in [0.05, 0.1) is 11.1 Å². The lowest BCUT2D eigenvalue weighted by Gasteiger charge is -2.27. The van der Waals surface area contributed by atoms with Gasteiger partial charge in [0.2, 0.25) is 0 Å². The zero-order valence-corrected chi connectivity index (χ0v) is 12.8. The maximum atomic E-state index is 11.5. The van der Waals surface area contributed by atoms with Crippen LogP contribution in [0.1, 0.15) is 20.7 Å². The average Bonchev–Trinajstić information content (AvgIpc) is 2.47. The Morgan fingerprint density at radius 3 is 1.71 bits per heavy atom. The predicted octanol–water partition coefficient (Wildman–Crippen LogP) is 1.91. The van der Waals surface area contributed by atoms with Crippen LogP contribution in [0.4, 0.5) is 0 Å². The van der Waals surface area contributed by atoms with E-state index in [-0.39, 0.29) is 11.1 Å². The molecular weight excluding hydrogens is 284 g/mol. The third kappa shape index (κ3) is 2.73. The number of benzene rings is 2. The fraction of sp³-hybridized carbons (Fsp3) is 0.125. The first-order valence-electron chi connectivity index (χ1n) is 6.51. The highest BCUT2D eigenvalue weighted by Gasteiger charge is 2.34. The molecule has 0 saturated carbocycles. The highest BCUT2D eigenvalue weighted by molar-refractivity contribution is 7.01. The molecule has 0 aliphatic rings. The van der Waals surface area contributed by atoms with Gasteiger partial charge in [-0.1, -0.05) is 54.7 Å². The second-order valence-corrected chi connectivity index (χ2v) is 9.66. The van der Waals surface area contributed by atoms with E-state index in [1.165, 1.54) is 18.2 Å². The van der Waals surface area contributed by atoms with Crippen LogP contribution >= 0.6 is 0 Å². The van der Waals surface area contributed by atoms with E-state index in [1.807, 2.05) is 43.4 Å². The van der Waals surface area contributed by atoms with Crippen molar-refractivity contribution in [2.24, 2.45) is 0 Å². The molecule has 0 saturated heterocycles. The molecule has 0 aliphatic carbocycles. The van der Waals surface area contributed by atoms with Gasteiger partial charge in [-0.2, -0.15) is 0 Å². The summed E-state index contributed by atoms with van der Waals surface area (Å²) in [4.78, 5) is 23.0. The third-order valence-electron chi connectivity index (χ3n) is 3.65. The van der Waals surface area contributed by atoms with Gasteiger partial charge in [0.25, 0.3) is 0 Å². The van der Waals surface area contributed by atoms with Crippen molar-refractivity contribution in [1.29, 1.82) is 0 Å². The van der Waals surface area contributed by atoms with Crippen molar-refractivity contribution in [3.8, 4) is 0 Å².